The average Bonchev–Trinajstić information content (AvgIpc) is 3.21. The van der Waals surface area contributed by atoms with E-state index in [9.17, 15) is 0 Å². The molecule has 2 N–H and O–H groups in total. The highest BCUT2D eigenvalue weighted by Crippen LogP contribution is 2.37. The van der Waals surface area contributed by atoms with Crippen LogP contribution in [0.1, 0.15) is 26.3 Å². The summed E-state index contributed by atoms with van der Waals surface area (Å²) in [4.78, 5) is 1.12. The van der Waals surface area contributed by atoms with Crippen molar-refractivity contribution in [3.8, 4) is 16.3 Å². The monoisotopic (exact) mass is 385 g/mol. The topological polar surface area (TPSA) is 53.1 Å². The summed E-state index contributed by atoms with van der Waals surface area (Å²) >= 11 is 1.66. The fraction of sp³-hybridized carbons (Fsp3) is 0.350. The van der Waals surface area contributed by atoms with Crippen LogP contribution in [-0.4, -0.2) is 18.1 Å². The number of benzene rings is 1. The molecule has 0 spiro atoms. The molecule has 0 aliphatic rings. The molecule has 0 aliphatic carbocycles. The van der Waals surface area contributed by atoms with Gasteiger partial charge in [0.25, 0.3) is 0 Å². The number of thiophene rings is 1. The van der Waals surface area contributed by atoms with E-state index in [0.717, 1.165) is 21.8 Å². The molecule has 138 valence electrons. The van der Waals surface area contributed by atoms with E-state index < -0.39 is 8.32 Å². The Hall–Kier alpha value is -1.89. The number of nitrogens with two attached hydrogens (primary N) is 1. The Morgan fingerprint density at radius 3 is 2.58 bits per heavy atom. The molecule has 26 heavy (non-hydrogen) atoms. The summed E-state index contributed by atoms with van der Waals surface area (Å²) in [6, 6.07) is 14.3. The number of nitrogen functional groups attached to an aromatic ring is 1. The van der Waals surface area contributed by atoms with E-state index in [1.165, 1.54) is 0 Å². The molecule has 0 unspecified atom stereocenters. The fourth-order valence-corrected chi connectivity index (χ4v) is 4.05. The minimum absolute atomic E-state index is 0.201. The Labute approximate surface area is 160 Å². The van der Waals surface area contributed by atoms with Crippen molar-refractivity contribution in [3.63, 3.8) is 0 Å². The number of anilines is 1. The van der Waals surface area contributed by atoms with Gasteiger partial charge in [-0.25, -0.2) is 4.68 Å². The van der Waals surface area contributed by atoms with Crippen molar-refractivity contribution in [2.24, 2.45) is 0 Å². The average molecular weight is 386 g/mol. The predicted molar refractivity (Wildman–Crippen MR) is 113 cm³/mol. The summed E-state index contributed by atoms with van der Waals surface area (Å²) in [5, 5.41) is 6.93. The Morgan fingerprint density at radius 1 is 1.15 bits per heavy atom. The first-order chi connectivity index (χ1) is 12.2. The lowest BCUT2D eigenvalue weighted by molar-refractivity contribution is 0.276. The highest BCUT2D eigenvalue weighted by atomic mass is 32.1. The van der Waals surface area contributed by atoms with Crippen LogP contribution in [0.25, 0.3) is 16.3 Å². The summed E-state index contributed by atoms with van der Waals surface area (Å²) in [7, 11) is -1.77. The summed E-state index contributed by atoms with van der Waals surface area (Å²) in [6.07, 6.45) is 0. The fourth-order valence-electron chi connectivity index (χ4n) is 2.41. The third-order valence-corrected chi connectivity index (χ3v) is 10.4. The van der Waals surface area contributed by atoms with Gasteiger partial charge in [0.05, 0.1) is 17.2 Å². The molecule has 3 aromatic rings. The lowest BCUT2D eigenvalue weighted by atomic mass is 10.2. The van der Waals surface area contributed by atoms with E-state index >= 15 is 0 Å². The molecule has 2 aromatic heterocycles. The van der Waals surface area contributed by atoms with Gasteiger partial charge in [0.15, 0.2) is 8.32 Å². The molecular weight excluding hydrogens is 358 g/mol. The SMILES string of the molecule is CC(C)(C)[Si](C)(C)OCc1cccc(-n2nc(-c3cccs3)cc2N)c1. The van der Waals surface area contributed by atoms with Crippen LogP contribution in [0, 0.1) is 0 Å². The minimum Gasteiger partial charge on any atom is -0.413 e. The Balaban J connectivity index is 1.82. The summed E-state index contributed by atoms with van der Waals surface area (Å²) in [6.45, 7) is 11.9. The molecular formula is C20H27N3OSSi. The van der Waals surface area contributed by atoms with Crippen LogP contribution < -0.4 is 5.73 Å². The van der Waals surface area contributed by atoms with Crippen molar-refractivity contribution in [2.45, 2.75) is 45.5 Å². The third kappa shape index (κ3) is 3.92. The van der Waals surface area contributed by atoms with Crippen LogP contribution in [0.3, 0.4) is 0 Å². The summed E-state index contributed by atoms with van der Waals surface area (Å²) in [5.41, 5.74) is 9.21. The van der Waals surface area contributed by atoms with Gasteiger partial charge in [0.2, 0.25) is 0 Å². The zero-order valence-corrected chi connectivity index (χ0v) is 17.9. The highest BCUT2D eigenvalue weighted by molar-refractivity contribution is 7.13. The highest BCUT2D eigenvalue weighted by Gasteiger charge is 2.37. The maximum Gasteiger partial charge on any atom is 0.192 e. The van der Waals surface area contributed by atoms with Crippen molar-refractivity contribution in [1.29, 1.82) is 0 Å². The van der Waals surface area contributed by atoms with Gasteiger partial charge in [-0.3, -0.25) is 0 Å². The van der Waals surface area contributed by atoms with Crippen molar-refractivity contribution in [3.05, 3.63) is 53.4 Å². The van der Waals surface area contributed by atoms with E-state index in [1.54, 1.807) is 16.0 Å². The molecule has 0 atom stereocenters. The number of nitrogens with zero attached hydrogens (tertiary/aromatic N) is 2. The number of hydrogen-bond acceptors (Lipinski definition) is 4. The Morgan fingerprint density at radius 2 is 1.92 bits per heavy atom. The van der Waals surface area contributed by atoms with Gasteiger partial charge < -0.3 is 10.2 Å². The molecule has 0 fully saturated rings. The number of aromatic nitrogens is 2. The molecule has 0 amide bonds. The van der Waals surface area contributed by atoms with Gasteiger partial charge in [0, 0.05) is 6.07 Å². The second kappa shape index (κ2) is 7.02. The smallest absolute Gasteiger partial charge is 0.192 e. The first kappa shape index (κ1) is 18.9. The maximum absolute atomic E-state index is 6.34. The number of hydrogen-bond donors (Lipinski definition) is 1. The summed E-state index contributed by atoms with van der Waals surface area (Å²) in [5.74, 6) is 0.635. The minimum atomic E-state index is -1.77. The molecule has 6 heteroatoms. The standard InChI is InChI=1S/C20H27N3OSSi/c1-20(2,3)26(4,5)24-14-15-8-6-9-16(12-15)23-19(21)13-17(22-23)18-10-7-11-25-18/h6-13H,14,21H2,1-5H3. The Kier molecular flexibility index (Phi) is 5.10. The second-order valence-corrected chi connectivity index (χ2v) is 13.8. The van der Waals surface area contributed by atoms with E-state index in [1.807, 2.05) is 29.6 Å². The molecule has 3 rings (SSSR count). The van der Waals surface area contributed by atoms with Gasteiger partial charge in [-0.05, 0) is 47.3 Å². The van der Waals surface area contributed by atoms with Crippen LogP contribution in [0.5, 0.6) is 0 Å². The first-order valence-electron chi connectivity index (χ1n) is 8.80. The van der Waals surface area contributed by atoms with E-state index in [2.05, 4.69) is 57.2 Å². The molecule has 2 heterocycles. The normalized spacial score (nSPS) is 12.5. The van der Waals surface area contributed by atoms with Gasteiger partial charge in [0.1, 0.15) is 11.5 Å². The first-order valence-corrected chi connectivity index (χ1v) is 12.6. The van der Waals surface area contributed by atoms with Crippen molar-refractivity contribution >= 4 is 25.5 Å². The van der Waals surface area contributed by atoms with Gasteiger partial charge >= 0.3 is 0 Å². The van der Waals surface area contributed by atoms with Crippen molar-refractivity contribution in [2.75, 3.05) is 5.73 Å². The molecule has 4 nitrogen and oxygen atoms in total. The van der Waals surface area contributed by atoms with E-state index in [0.29, 0.717) is 12.4 Å². The van der Waals surface area contributed by atoms with E-state index in [4.69, 9.17) is 10.2 Å². The van der Waals surface area contributed by atoms with Crippen LogP contribution in [-0.2, 0) is 11.0 Å². The quantitative estimate of drug-likeness (QED) is 0.573. The molecule has 1 aromatic carbocycles. The number of rotatable bonds is 5. The predicted octanol–water partition coefficient (Wildman–Crippen LogP) is 5.70. The maximum atomic E-state index is 6.34. The lowest BCUT2D eigenvalue weighted by Crippen LogP contribution is -2.40. The van der Waals surface area contributed by atoms with Crippen LogP contribution in [0.15, 0.2) is 47.8 Å². The molecule has 0 aliphatic heterocycles. The van der Waals surface area contributed by atoms with Crippen LogP contribution in [0.2, 0.25) is 18.1 Å². The van der Waals surface area contributed by atoms with Gasteiger partial charge in [-0.15, -0.1) is 11.3 Å². The second-order valence-electron chi connectivity index (χ2n) is 8.06. The van der Waals surface area contributed by atoms with Crippen molar-refractivity contribution < 1.29 is 4.43 Å². The van der Waals surface area contributed by atoms with Gasteiger partial charge in [-0.2, -0.15) is 5.10 Å². The van der Waals surface area contributed by atoms with Gasteiger partial charge in [-0.1, -0.05) is 39.0 Å². The van der Waals surface area contributed by atoms with Crippen molar-refractivity contribution in [1.82, 2.24) is 9.78 Å². The molecule has 0 saturated carbocycles. The van der Waals surface area contributed by atoms with Crippen LogP contribution >= 0.6 is 11.3 Å². The Bertz CT molecular complexity index is 879. The largest absolute Gasteiger partial charge is 0.413 e. The lowest BCUT2D eigenvalue weighted by Gasteiger charge is -2.36. The third-order valence-electron chi connectivity index (χ3n) is 5.07. The summed E-state index contributed by atoms with van der Waals surface area (Å²) < 4.78 is 8.14. The zero-order valence-electron chi connectivity index (χ0n) is 16.1. The molecule has 0 radical (unpaired) electrons. The molecule has 0 bridgehead atoms. The van der Waals surface area contributed by atoms with E-state index in [-0.39, 0.29) is 5.04 Å². The molecule has 0 saturated heterocycles. The van der Waals surface area contributed by atoms with Crippen LogP contribution in [0.4, 0.5) is 5.82 Å². The zero-order chi connectivity index (χ0) is 18.9.